The minimum Gasteiger partial charge on any atom is -0.416 e. The quantitative estimate of drug-likeness (QED) is 0.593. The highest BCUT2D eigenvalue weighted by molar-refractivity contribution is 6.69. The Labute approximate surface area is 144 Å². The van der Waals surface area contributed by atoms with E-state index < -0.39 is 8.32 Å². The van der Waals surface area contributed by atoms with Crippen LogP contribution in [0, 0.1) is 0 Å². The van der Waals surface area contributed by atoms with Gasteiger partial charge in [0.2, 0.25) is 0 Å². The summed E-state index contributed by atoms with van der Waals surface area (Å²) in [5, 5.41) is 0. The number of carbonyl (C=O) groups is 2. The van der Waals surface area contributed by atoms with E-state index >= 15 is 0 Å². The Kier molecular flexibility index (Phi) is 6.06. The number of rotatable bonds is 6. The van der Waals surface area contributed by atoms with Gasteiger partial charge in [-0.3, -0.25) is 14.5 Å². The molecule has 0 atom stereocenters. The Morgan fingerprint density at radius 1 is 0.833 bits per heavy atom. The smallest absolute Gasteiger partial charge is 0.260 e. The van der Waals surface area contributed by atoms with Crippen LogP contribution in [-0.2, 0) is 4.43 Å². The van der Waals surface area contributed by atoms with E-state index in [-0.39, 0.29) is 18.4 Å². The van der Waals surface area contributed by atoms with Crippen molar-refractivity contribution in [2.24, 2.45) is 0 Å². The minimum absolute atomic E-state index is 0.242. The predicted octanol–water partition coefficient (Wildman–Crippen LogP) is 3.82. The molecule has 0 aliphatic carbocycles. The number of carbonyl (C=O) groups excluding carboxylic acids is 2. The lowest BCUT2D eigenvalue weighted by Crippen LogP contribution is -2.41. The topological polar surface area (TPSA) is 46.6 Å². The molecule has 4 nitrogen and oxygen atoms in total. The molecule has 0 spiro atoms. The standard InChI is InChI=1S/C19H23NO3Si/c1-24(2,3)23-15-14-20(18(21)16-10-6-4-7-11-16)19(22)17-12-8-5-9-13-17/h4-13H,14-15H2,1-3H3. The molecule has 2 amide bonds. The first-order chi connectivity index (χ1) is 11.4. The molecule has 2 rings (SSSR count). The number of hydrogen-bond acceptors (Lipinski definition) is 3. The third kappa shape index (κ3) is 5.14. The van der Waals surface area contributed by atoms with E-state index in [1.807, 2.05) is 12.1 Å². The first-order valence-electron chi connectivity index (χ1n) is 7.99. The van der Waals surface area contributed by atoms with Gasteiger partial charge in [-0.15, -0.1) is 0 Å². The molecule has 2 aromatic carbocycles. The van der Waals surface area contributed by atoms with Crippen molar-refractivity contribution in [1.29, 1.82) is 0 Å². The molecule has 0 aliphatic heterocycles. The van der Waals surface area contributed by atoms with Crippen molar-refractivity contribution in [3.63, 3.8) is 0 Å². The predicted molar refractivity (Wildman–Crippen MR) is 97.5 cm³/mol. The van der Waals surface area contributed by atoms with E-state index in [0.29, 0.717) is 17.7 Å². The molecule has 126 valence electrons. The second-order valence-corrected chi connectivity index (χ2v) is 11.0. The van der Waals surface area contributed by atoms with Crippen LogP contribution in [0.4, 0.5) is 0 Å². The van der Waals surface area contributed by atoms with Gasteiger partial charge in [0.15, 0.2) is 8.32 Å². The average Bonchev–Trinajstić information content (AvgIpc) is 2.58. The molecule has 24 heavy (non-hydrogen) atoms. The van der Waals surface area contributed by atoms with Gasteiger partial charge in [0, 0.05) is 11.1 Å². The summed E-state index contributed by atoms with van der Waals surface area (Å²) in [7, 11) is -1.70. The summed E-state index contributed by atoms with van der Waals surface area (Å²) in [6.45, 7) is 6.83. The van der Waals surface area contributed by atoms with Gasteiger partial charge in [-0.2, -0.15) is 0 Å². The van der Waals surface area contributed by atoms with Crippen LogP contribution in [0.1, 0.15) is 20.7 Å². The minimum atomic E-state index is -1.70. The Morgan fingerprint density at radius 3 is 1.62 bits per heavy atom. The van der Waals surface area contributed by atoms with E-state index in [1.165, 1.54) is 4.90 Å². The summed E-state index contributed by atoms with van der Waals surface area (Å²) < 4.78 is 5.82. The molecular formula is C19H23NO3Si. The van der Waals surface area contributed by atoms with Crippen molar-refractivity contribution in [3.05, 3.63) is 71.8 Å². The van der Waals surface area contributed by atoms with Gasteiger partial charge in [0.05, 0.1) is 13.2 Å². The Bertz CT molecular complexity index is 629. The van der Waals surface area contributed by atoms with Crippen molar-refractivity contribution < 1.29 is 14.0 Å². The van der Waals surface area contributed by atoms with Crippen LogP contribution in [0.15, 0.2) is 60.7 Å². The van der Waals surface area contributed by atoms with Crippen LogP contribution >= 0.6 is 0 Å². The molecule has 0 fully saturated rings. The highest BCUT2D eigenvalue weighted by Crippen LogP contribution is 2.11. The first-order valence-corrected chi connectivity index (χ1v) is 11.4. The molecule has 2 aromatic rings. The summed E-state index contributed by atoms with van der Waals surface area (Å²) in [4.78, 5) is 26.8. The van der Waals surface area contributed by atoms with Gasteiger partial charge < -0.3 is 4.43 Å². The summed E-state index contributed by atoms with van der Waals surface area (Å²) >= 11 is 0. The van der Waals surface area contributed by atoms with Gasteiger partial charge >= 0.3 is 0 Å². The Hall–Kier alpha value is -2.24. The number of nitrogens with zero attached hydrogens (tertiary/aromatic N) is 1. The zero-order valence-electron chi connectivity index (χ0n) is 14.4. The van der Waals surface area contributed by atoms with Crippen LogP contribution < -0.4 is 0 Å². The average molecular weight is 341 g/mol. The van der Waals surface area contributed by atoms with Crippen LogP contribution in [0.5, 0.6) is 0 Å². The van der Waals surface area contributed by atoms with Crippen molar-refractivity contribution in [2.45, 2.75) is 19.6 Å². The van der Waals surface area contributed by atoms with E-state index in [0.717, 1.165) is 0 Å². The molecule has 0 aliphatic rings. The van der Waals surface area contributed by atoms with Crippen molar-refractivity contribution >= 4 is 20.1 Å². The SMILES string of the molecule is C[Si](C)(C)OCCN(C(=O)c1ccccc1)C(=O)c1ccccc1. The third-order valence-corrected chi connectivity index (χ3v) is 4.45. The van der Waals surface area contributed by atoms with E-state index in [4.69, 9.17) is 4.43 Å². The van der Waals surface area contributed by atoms with E-state index in [2.05, 4.69) is 19.6 Å². The summed E-state index contributed by atoms with van der Waals surface area (Å²) in [5.74, 6) is -0.604. The lowest BCUT2D eigenvalue weighted by molar-refractivity contribution is 0.0590. The molecule has 5 heteroatoms. The molecular weight excluding hydrogens is 318 g/mol. The largest absolute Gasteiger partial charge is 0.416 e. The second kappa shape index (κ2) is 8.03. The number of benzene rings is 2. The molecule has 0 N–H and O–H groups in total. The molecule has 0 saturated heterocycles. The van der Waals surface area contributed by atoms with Gasteiger partial charge in [0.25, 0.3) is 11.8 Å². The van der Waals surface area contributed by atoms with Gasteiger partial charge in [-0.25, -0.2) is 0 Å². The molecule has 0 radical (unpaired) electrons. The second-order valence-electron chi connectivity index (χ2n) is 6.45. The van der Waals surface area contributed by atoms with E-state index in [9.17, 15) is 9.59 Å². The fourth-order valence-electron chi connectivity index (χ4n) is 2.21. The number of amides is 2. The molecule has 0 heterocycles. The fraction of sp³-hybridized carbons (Fsp3) is 0.263. The summed E-state index contributed by atoms with van der Waals surface area (Å²) in [6.07, 6.45) is 0. The molecule has 0 unspecified atom stereocenters. The maximum Gasteiger partial charge on any atom is 0.260 e. The normalized spacial score (nSPS) is 11.1. The highest BCUT2D eigenvalue weighted by Gasteiger charge is 2.24. The maximum atomic E-state index is 12.8. The molecule has 0 saturated carbocycles. The lowest BCUT2D eigenvalue weighted by atomic mass is 10.1. The van der Waals surface area contributed by atoms with Gasteiger partial charge in [-0.1, -0.05) is 36.4 Å². The number of hydrogen-bond donors (Lipinski definition) is 0. The summed E-state index contributed by atoms with van der Waals surface area (Å²) in [6, 6.07) is 17.7. The summed E-state index contributed by atoms with van der Waals surface area (Å²) in [5.41, 5.74) is 0.990. The lowest BCUT2D eigenvalue weighted by Gasteiger charge is -2.24. The Morgan fingerprint density at radius 2 is 1.25 bits per heavy atom. The zero-order chi connectivity index (χ0) is 17.6. The molecule has 0 bridgehead atoms. The number of imide groups is 1. The Balaban J connectivity index is 2.21. The first kappa shape index (κ1) is 18.1. The van der Waals surface area contributed by atoms with Gasteiger partial charge in [-0.05, 0) is 43.9 Å². The monoisotopic (exact) mass is 341 g/mol. The highest BCUT2D eigenvalue weighted by atomic mass is 28.4. The zero-order valence-corrected chi connectivity index (χ0v) is 15.4. The van der Waals surface area contributed by atoms with Crippen LogP contribution in [0.3, 0.4) is 0 Å². The van der Waals surface area contributed by atoms with Crippen molar-refractivity contribution in [3.8, 4) is 0 Å². The third-order valence-electron chi connectivity index (χ3n) is 3.38. The van der Waals surface area contributed by atoms with Crippen LogP contribution in [-0.4, -0.2) is 38.2 Å². The van der Waals surface area contributed by atoms with Crippen molar-refractivity contribution in [2.75, 3.05) is 13.2 Å². The molecule has 0 aromatic heterocycles. The van der Waals surface area contributed by atoms with Crippen molar-refractivity contribution in [1.82, 2.24) is 4.90 Å². The van der Waals surface area contributed by atoms with Crippen LogP contribution in [0.25, 0.3) is 0 Å². The fourth-order valence-corrected chi connectivity index (χ4v) is 2.92. The van der Waals surface area contributed by atoms with Crippen LogP contribution in [0.2, 0.25) is 19.6 Å². The van der Waals surface area contributed by atoms with Gasteiger partial charge in [0.1, 0.15) is 0 Å². The maximum absolute atomic E-state index is 12.8. The van der Waals surface area contributed by atoms with E-state index in [1.54, 1.807) is 48.5 Å².